The number of fused-ring (bicyclic) bond motifs is 1. The first-order valence-corrected chi connectivity index (χ1v) is 11.7. The van der Waals surface area contributed by atoms with Crippen molar-refractivity contribution in [3.63, 3.8) is 0 Å². The first-order valence-electron chi connectivity index (χ1n) is 8.61. The summed E-state index contributed by atoms with van der Waals surface area (Å²) in [5.41, 5.74) is 2.94. The van der Waals surface area contributed by atoms with Crippen molar-refractivity contribution in [2.24, 2.45) is 0 Å². The van der Waals surface area contributed by atoms with Gasteiger partial charge in [-0.05, 0) is 37.3 Å². The van der Waals surface area contributed by atoms with Crippen LogP contribution in [0, 0.1) is 6.92 Å². The van der Waals surface area contributed by atoms with Crippen LogP contribution in [0.4, 0.5) is 5.82 Å². The largest absolute Gasteiger partial charge is 0.311 e. The number of nitrogens with zero attached hydrogens (tertiary/aromatic N) is 2. The number of benzene rings is 1. The molecule has 0 saturated carbocycles. The molecule has 1 aromatic heterocycles. The summed E-state index contributed by atoms with van der Waals surface area (Å²) >= 11 is 1.68. The highest BCUT2D eigenvalue weighted by Gasteiger charge is 2.37. The number of anilines is 1. The number of rotatable bonds is 3. The van der Waals surface area contributed by atoms with Crippen LogP contribution in [0.1, 0.15) is 41.6 Å². The molecule has 0 unspecified atom stereocenters. The van der Waals surface area contributed by atoms with Crippen LogP contribution in [0.15, 0.2) is 29.2 Å². The number of aryl methyl sites for hydroxylation is 1. The van der Waals surface area contributed by atoms with Crippen LogP contribution < -0.4 is 5.32 Å². The molecule has 2 aliphatic rings. The third kappa shape index (κ3) is 3.05. The lowest BCUT2D eigenvalue weighted by Crippen LogP contribution is -2.26. The Bertz CT molecular complexity index is 964. The van der Waals surface area contributed by atoms with Crippen molar-refractivity contribution in [1.82, 2.24) is 9.78 Å². The second-order valence-corrected chi connectivity index (χ2v) is 10.0. The van der Waals surface area contributed by atoms with Crippen molar-refractivity contribution in [3.8, 4) is 0 Å². The van der Waals surface area contributed by atoms with Crippen molar-refractivity contribution in [1.29, 1.82) is 0 Å². The molecular weight excluding hydrogens is 370 g/mol. The summed E-state index contributed by atoms with van der Waals surface area (Å²) in [6, 6.07) is 8.05. The van der Waals surface area contributed by atoms with Crippen LogP contribution in [-0.4, -0.2) is 41.9 Å². The van der Waals surface area contributed by atoms with Gasteiger partial charge in [-0.15, -0.1) is 11.8 Å². The van der Waals surface area contributed by atoms with Crippen LogP contribution in [-0.2, 0) is 14.6 Å². The topological polar surface area (TPSA) is 81.1 Å². The molecule has 4 rings (SSSR count). The van der Waals surface area contributed by atoms with E-state index in [2.05, 4.69) is 34.7 Å². The fourth-order valence-electron chi connectivity index (χ4n) is 3.93. The molecule has 1 amide bonds. The Hall–Kier alpha value is -1.80. The van der Waals surface area contributed by atoms with Crippen LogP contribution >= 0.6 is 11.8 Å². The molecule has 0 spiro atoms. The molecule has 2 aliphatic heterocycles. The lowest BCUT2D eigenvalue weighted by atomic mass is 9.86. The average Bonchev–Trinajstić information content (AvgIpc) is 3.13. The lowest BCUT2D eigenvalue weighted by molar-refractivity contribution is -0.116. The van der Waals surface area contributed by atoms with E-state index in [9.17, 15) is 13.2 Å². The van der Waals surface area contributed by atoms with E-state index >= 15 is 0 Å². The molecule has 26 heavy (non-hydrogen) atoms. The Kier molecular flexibility index (Phi) is 4.35. The summed E-state index contributed by atoms with van der Waals surface area (Å²) in [7, 11) is -3.02. The van der Waals surface area contributed by atoms with Crippen LogP contribution in [0.3, 0.4) is 0 Å². The SMILES string of the molecule is CSc1ccc([C@@H]2CC(=O)Nc3c2c(C)nn3[C@@H]2CCS(=O)(=O)C2)cc1. The number of amides is 1. The molecule has 1 N–H and O–H groups in total. The Labute approximate surface area is 157 Å². The quantitative estimate of drug-likeness (QED) is 0.814. The summed E-state index contributed by atoms with van der Waals surface area (Å²) in [6.45, 7) is 1.93. The van der Waals surface area contributed by atoms with E-state index in [1.165, 1.54) is 4.90 Å². The highest BCUT2D eigenvalue weighted by Crippen LogP contribution is 2.41. The average molecular weight is 392 g/mol. The summed E-state index contributed by atoms with van der Waals surface area (Å²) in [4.78, 5) is 13.5. The van der Waals surface area contributed by atoms with Crippen LogP contribution in [0.2, 0.25) is 0 Å². The van der Waals surface area contributed by atoms with Crippen molar-refractivity contribution in [2.45, 2.75) is 36.6 Å². The summed E-state index contributed by atoms with van der Waals surface area (Å²) in [5.74, 6) is 0.821. The minimum atomic E-state index is -3.02. The molecule has 2 aromatic rings. The fourth-order valence-corrected chi connectivity index (χ4v) is 6.03. The van der Waals surface area contributed by atoms with E-state index in [0.717, 1.165) is 16.8 Å². The molecule has 3 heterocycles. The van der Waals surface area contributed by atoms with Crippen molar-refractivity contribution in [3.05, 3.63) is 41.1 Å². The highest BCUT2D eigenvalue weighted by molar-refractivity contribution is 7.98. The molecule has 0 aliphatic carbocycles. The summed E-state index contributed by atoms with van der Waals surface area (Å²) in [5, 5.41) is 7.56. The van der Waals surface area contributed by atoms with Gasteiger partial charge in [0.2, 0.25) is 5.91 Å². The number of carbonyl (C=O) groups excluding carboxylic acids is 1. The van der Waals surface area contributed by atoms with Crippen LogP contribution in [0.5, 0.6) is 0 Å². The van der Waals surface area contributed by atoms with Gasteiger partial charge in [-0.25, -0.2) is 13.1 Å². The zero-order valence-electron chi connectivity index (χ0n) is 14.7. The second-order valence-electron chi connectivity index (χ2n) is 6.93. The van der Waals surface area contributed by atoms with E-state index in [1.807, 2.05) is 13.2 Å². The van der Waals surface area contributed by atoms with E-state index in [-0.39, 0.29) is 29.4 Å². The molecule has 1 aromatic carbocycles. The zero-order valence-corrected chi connectivity index (χ0v) is 16.4. The normalized spacial score (nSPS) is 24.3. The van der Waals surface area contributed by atoms with E-state index in [0.29, 0.717) is 18.7 Å². The number of thioether (sulfide) groups is 1. The van der Waals surface area contributed by atoms with Crippen LogP contribution in [0.25, 0.3) is 0 Å². The molecule has 0 bridgehead atoms. The number of carbonyl (C=O) groups is 1. The minimum Gasteiger partial charge on any atom is -0.311 e. The lowest BCUT2D eigenvalue weighted by Gasteiger charge is -2.25. The highest BCUT2D eigenvalue weighted by atomic mass is 32.2. The smallest absolute Gasteiger partial charge is 0.226 e. The Balaban J connectivity index is 1.77. The Morgan fingerprint density at radius 2 is 2.00 bits per heavy atom. The Morgan fingerprint density at radius 3 is 2.62 bits per heavy atom. The van der Waals surface area contributed by atoms with Crippen molar-refractivity contribution < 1.29 is 13.2 Å². The van der Waals surface area contributed by atoms with Crippen molar-refractivity contribution in [2.75, 3.05) is 23.1 Å². The van der Waals surface area contributed by atoms with Gasteiger partial charge in [-0.1, -0.05) is 12.1 Å². The molecule has 0 radical (unpaired) electrons. The first-order chi connectivity index (χ1) is 12.4. The number of nitrogens with one attached hydrogen (secondary N) is 1. The molecule has 1 fully saturated rings. The van der Waals surface area contributed by atoms with E-state index in [4.69, 9.17) is 0 Å². The number of sulfone groups is 1. The van der Waals surface area contributed by atoms with Gasteiger partial charge >= 0.3 is 0 Å². The molecule has 138 valence electrons. The van der Waals surface area contributed by atoms with E-state index < -0.39 is 9.84 Å². The van der Waals surface area contributed by atoms with Gasteiger partial charge in [-0.3, -0.25) is 4.79 Å². The third-order valence-corrected chi connectivity index (χ3v) is 7.69. The summed E-state index contributed by atoms with van der Waals surface area (Å²) in [6.07, 6.45) is 2.95. The monoisotopic (exact) mass is 391 g/mol. The maximum atomic E-state index is 12.4. The third-order valence-electron chi connectivity index (χ3n) is 5.20. The zero-order chi connectivity index (χ0) is 18.5. The predicted octanol–water partition coefficient (Wildman–Crippen LogP) is 2.75. The van der Waals surface area contributed by atoms with Gasteiger partial charge in [0.15, 0.2) is 9.84 Å². The van der Waals surface area contributed by atoms with Crippen molar-refractivity contribution >= 4 is 33.3 Å². The van der Waals surface area contributed by atoms with Gasteiger partial charge in [0.1, 0.15) is 5.82 Å². The number of aromatic nitrogens is 2. The number of hydrogen-bond donors (Lipinski definition) is 1. The van der Waals surface area contributed by atoms with Gasteiger partial charge in [0.05, 0.1) is 23.2 Å². The van der Waals surface area contributed by atoms with E-state index in [1.54, 1.807) is 16.4 Å². The minimum absolute atomic E-state index is 0.0542. The van der Waals surface area contributed by atoms with Gasteiger partial charge < -0.3 is 5.32 Å². The molecule has 6 nitrogen and oxygen atoms in total. The maximum Gasteiger partial charge on any atom is 0.226 e. The molecule has 8 heteroatoms. The predicted molar refractivity (Wildman–Crippen MR) is 103 cm³/mol. The Morgan fingerprint density at radius 1 is 1.27 bits per heavy atom. The maximum absolute atomic E-state index is 12.4. The van der Waals surface area contributed by atoms with Gasteiger partial charge in [0, 0.05) is 22.8 Å². The number of hydrogen-bond acceptors (Lipinski definition) is 5. The second kappa shape index (κ2) is 6.42. The molecule has 1 saturated heterocycles. The molecule has 2 atom stereocenters. The standard InChI is InChI=1S/C18H21N3O3S2/c1-11-17-15(12-3-5-14(25-2)6-4-12)9-16(22)19-18(17)21(20-11)13-7-8-26(23,24)10-13/h3-6,13,15H,7-10H2,1-2H3,(H,19,22)/t13-,15+/m1/s1. The molecular formula is C18H21N3O3S2. The first kappa shape index (κ1) is 17.6. The van der Waals surface area contributed by atoms with Gasteiger partial charge in [0.25, 0.3) is 0 Å². The summed E-state index contributed by atoms with van der Waals surface area (Å²) < 4.78 is 25.5. The van der Waals surface area contributed by atoms with Gasteiger partial charge in [-0.2, -0.15) is 5.10 Å². The fraction of sp³-hybridized carbons (Fsp3) is 0.444.